The fourth-order valence-corrected chi connectivity index (χ4v) is 4.37. The Kier molecular flexibility index (Phi) is 5.29. The lowest BCUT2D eigenvalue weighted by molar-refractivity contribution is -0.113. The summed E-state index contributed by atoms with van der Waals surface area (Å²) in [6.45, 7) is 0. The van der Waals surface area contributed by atoms with Crippen LogP contribution in [0.5, 0.6) is 0 Å². The Morgan fingerprint density at radius 2 is 1.86 bits per heavy atom. The maximum absolute atomic E-state index is 14.1. The van der Waals surface area contributed by atoms with E-state index in [4.69, 9.17) is 39.8 Å². The zero-order valence-corrected chi connectivity index (χ0v) is 17.1. The van der Waals surface area contributed by atoms with Crippen molar-refractivity contribution < 1.29 is 13.6 Å². The molecule has 1 aliphatic heterocycles. The van der Waals surface area contributed by atoms with Crippen LogP contribution in [-0.4, -0.2) is 10.2 Å². The van der Waals surface area contributed by atoms with Crippen LogP contribution in [-0.2, 0) is 4.79 Å². The summed E-state index contributed by atoms with van der Waals surface area (Å²) in [5.41, 5.74) is 0.770. The molecule has 1 fully saturated rings. The monoisotopic (exact) mass is 449 g/mol. The zero-order chi connectivity index (χ0) is 19.8. The van der Waals surface area contributed by atoms with Crippen LogP contribution in [0.25, 0.3) is 17.4 Å². The number of amides is 1. The van der Waals surface area contributed by atoms with E-state index >= 15 is 0 Å². The van der Waals surface area contributed by atoms with Gasteiger partial charge in [0.25, 0.3) is 5.91 Å². The first kappa shape index (κ1) is 19.2. The van der Waals surface area contributed by atoms with Crippen LogP contribution in [0.1, 0.15) is 5.76 Å². The molecule has 0 N–H and O–H groups in total. The summed E-state index contributed by atoms with van der Waals surface area (Å²) >= 11 is 18.6. The molecule has 0 unspecified atom stereocenters. The Morgan fingerprint density at radius 3 is 2.64 bits per heavy atom. The number of halogens is 3. The Hall–Kier alpha value is -2.12. The lowest BCUT2D eigenvalue weighted by Gasteiger charge is -2.14. The third kappa shape index (κ3) is 3.49. The number of furan rings is 1. The number of para-hydroxylation sites is 1. The molecular weight excluding hydrogens is 440 g/mol. The zero-order valence-electron chi connectivity index (χ0n) is 14.0. The average Bonchev–Trinajstić information content (AvgIpc) is 3.23. The number of thioether (sulfide) groups is 1. The van der Waals surface area contributed by atoms with E-state index < -0.39 is 11.7 Å². The van der Waals surface area contributed by atoms with E-state index in [-0.39, 0.29) is 10.0 Å². The molecule has 8 heteroatoms. The molecule has 0 aliphatic carbocycles. The summed E-state index contributed by atoms with van der Waals surface area (Å²) in [7, 11) is 0. The number of benzene rings is 2. The van der Waals surface area contributed by atoms with Crippen molar-refractivity contribution in [1.82, 2.24) is 0 Å². The third-order valence-electron chi connectivity index (χ3n) is 4.00. The largest absolute Gasteiger partial charge is 0.457 e. The second kappa shape index (κ2) is 7.72. The topological polar surface area (TPSA) is 33.5 Å². The van der Waals surface area contributed by atoms with Gasteiger partial charge >= 0.3 is 0 Å². The Bertz CT molecular complexity index is 1140. The molecule has 28 heavy (non-hydrogen) atoms. The van der Waals surface area contributed by atoms with Crippen LogP contribution < -0.4 is 4.90 Å². The smallest absolute Gasteiger partial charge is 0.270 e. The van der Waals surface area contributed by atoms with Crippen LogP contribution in [0, 0.1) is 5.82 Å². The second-order valence-corrected chi connectivity index (χ2v) is 8.23. The van der Waals surface area contributed by atoms with E-state index in [1.165, 1.54) is 17.0 Å². The molecule has 0 radical (unpaired) electrons. The predicted octanol–water partition coefficient (Wildman–Crippen LogP) is 6.80. The van der Waals surface area contributed by atoms with E-state index in [1.807, 2.05) is 0 Å². The van der Waals surface area contributed by atoms with Crippen LogP contribution >= 0.6 is 47.2 Å². The maximum Gasteiger partial charge on any atom is 0.270 e. The summed E-state index contributed by atoms with van der Waals surface area (Å²) in [4.78, 5) is 14.3. The van der Waals surface area contributed by atoms with Gasteiger partial charge in [0.05, 0.1) is 20.6 Å². The van der Waals surface area contributed by atoms with Crippen molar-refractivity contribution >= 4 is 69.2 Å². The normalized spacial score (nSPS) is 15.7. The van der Waals surface area contributed by atoms with Gasteiger partial charge in [0.1, 0.15) is 17.3 Å². The molecule has 1 aliphatic rings. The maximum atomic E-state index is 14.1. The van der Waals surface area contributed by atoms with Gasteiger partial charge in [0.2, 0.25) is 0 Å². The first-order chi connectivity index (χ1) is 13.5. The molecule has 1 saturated heterocycles. The second-order valence-electron chi connectivity index (χ2n) is 5.77. The van der Waals surface area contributed by atoms with E-state index in [1.54, 1.807) is 48.5 Å². The molecule has 3 aromatic rings. The number of thiocarbonyl (C=S) groups is 1. The van der Waals surface area contributed by atoms with Crippen molar-refractivity contribution in [3.8, 4) is 11.3 Å². The van der Waals surface area contributed by atoms with Gasteiger partial charge in [0.15, 0.2) is 4.32 Å². The summed E-state index contributed by atoms with van der Waals surface area (Å²) in [5, 5.41) is 0.804. The quantitative estimate of drug-likeness (QED) is 0.325. The highest BCUT2D eigenvalue weighted by atomic mass is 35.5. The first-order valence-electron chi connectivity index (χ1n) is 8.02. The van der Waals surface area contributed by atoms with E-state index in [0.29, 0.717) is 32.0 Å². The summed E-state index contributed by atoms with van der Waals surface area (Å²) in [6, 6.07) is 14.7. The molecule has 1 aromatic heterocycles. The molecule has 2 heterocycles. The molecule has 0 atom stereocenters. The van der Waals surface area contributed by atoms with Crippen LogP contribution in [0.4, 0.5) is 10.1 Å². The minimum Gasteiger partial charge on any atom is -0.457 e. The van der Waals surface area contributed by atoms with Gasteiger partial charge in [-0.3, -0.25) is 9.69 Å². The number of hydrogen-bond acceptors (Lipinski definition) is 4. The highest BCUT2D eigenvalue weighted by molar-refractivity contribution is 8.27. The van der Waals surface area contributed by atoms with Gasteiger partial charge in [-0.15, -0.1) is 0 Å². The molecule has 2 aromatic carbocycles. The summed E-state index contributed by atoms with van der Waals surface area (Å²) in [6.07, 6.45) is 1.57. The Morgan fingerprint density at radius 1 is 1.07 bits per heavy atom. The van der Waals surface area contributed by atoms with Gasteiger partial charge in [-0.1, -0.05) is 65.4 Å². The number of rotatable bonds is 3. The molecule has 3 nitrogen and oxygen atoms in total. The van der Waals surface area contributed by atoms with Crippen molar-refractivity contribution in [3.63, 3.8) is 0 Å². The molecule has 1 amide bonds. The van der Waals surface area contributed by atoms with Gasteiger partial charge < -0.3 is 4.42 Å². The van der Waals surface area contributed by atoms with Crippen LogP contribution in [0.3, 0.4) is 0 Å². The standard InChI is InChI=1S/C20H10Cl2FNO2S2/c21-13-5-3-4-12(18(13)22)16-9-8-11(26-16)10-17-19(25)24(20(27)28-17)15-7-2-1-6-14(15)23/h1-10H/b17-10-. The van der Waals surface area contributed by atoms with E-state index in [2.05, 4.69) is 0 Å². The lowest BCUT2D eigenvalue weighted by Crippen LogP contribution is -2.28. The number of carbonyl (C=O) groups excluding carboxylic acids is 1. The SMILES string of the molecule is O=C1/C(=C/c2ccc(-c3cccc(Cl)c3Cl)o2)SC(=S)N1c1ccccc1F. The summed E-state index contributed by atoms with van der Waals surface area (Å²) < 4.78 is 20.1. The number of carbonyl (C=O) groups is 1. The number of anilines is 1. The lowest BCUT2D eigenvalue weighted by atomic mass is 10.2. The molecular formula is C20H10Cl2FNO2S2. The van der Waals surface area contributed by atoms with Crippen LogP contribution in [0.15, 0.2) is 63.9 Å². The molecule has 0 bridgehead atoms. The minimum atomic E-state index is -0.518. The van der Waals surface area contributed by atoms with Crippen molar-refractivity contribution in [3.05, 3.63) is 81.1 Å². The van der Waals surface area contributed by atoms with E-state index in [0.717, 1.165) is 11.8 Å². The fraction of sp³-hybridized carbons (Fsp3) is 0. The van der Waals surface area contributed by atoms with Crippen molar-refractivity contribution in [2.45, 2.75) is 0 Å². The number of hydrogen-bond donors (Lipinski definition) is 0. The van der Waals surface area contributed by atoms with Gasteiger partial charge in [0, 0.05) is 11.6 Å². The van der Waals surface area contributed by atoms with Gasteiger partial charge in [-0.25, -0.2) is 4.39 Å². The summed E-state index contributed by atoms with van der Waals surface area (Å²) in [5.74, 6) is 0.0400. The fourth-order valence-electron chi connectivity index (χ4n) is 2.71. The first-order valence-corrected chi connectivity index (χ1v) is 10.0. The molecule has 4 rings (SSSR count). The average molecular weight is 450 g/mol. The van der Waals surface area contributed by atoms with Crippen molar-refractivity contribution in [2.24, 2.45) is 0 Å². The molecule has 0 spiro atoms. The highest BCUT2D eigenvalue weighted by Crippen LogP contribution is 2.38. The number of nitrogens with zero attached hydrogens (tertiary/aromatic N) is 1. The third-order valence-corrected chi connectivity index (χ3v) is 6.13. The Labute approximate surface area is 179 Å². The Balaban J connectivity index is 1.65. The van der Waals surface area contributed by atoms with Crippen LogP contribution in [0.2, 0.25) is 10.0 Å². The predicted molar refractivity (Wildman–Crippen MR) is 116 cm³/mol. The highest BCUT2D eigenvalue weighted by Gasteiger charge is 2.34. The van der Waals surface area contributed by atoms with Gasteiger partial charge in [-0.2, -0.15) is 0 Å². The molecule has 0 saturated carbocycles. The van der Waals surface area contributed by atoms with E-state index in [9.17, 15) is 9.18 Å². The van der Waals surface area contributed by atoms with Gasteiger partial charge in [-0.05, 0) is 36.4 Å². The van der Waals surface area contributed by atoms with Crippen molar-refractivity contribution in [1.29, 1.82) is 0 Å². The van der Waals surface area contributed by atoms with Crippen molar-refractivity contribution in [2.75, 3.05) is 4.90 Å². The molecule has 140 valence electrons. The minimum absolute atomic E-state index is 0.124.